The van der Waals surface area contributed by atoms with Crippen molar-refractivity contribution in [2.75, 3.05) is 31.8 Å². The summed E-state index contributed by atoms with van der Waals surface area (Å²) in [6.45, 7) is 0.491. The quantitative estimate of drug-likeness (QED) is 0.409. The molecular weight excluding hydrogens is 404 g/mol. The van der Waals surface area contributed by atoms with E-state index in [1.807, 2.05) is 38.6 Å². The second kappa shape index (κ2) is 9.27. The number of aromatic amines is 1. The first-order valence-electron chi connectivity index (χ1n) is 10.2. The molecule has 158 valence electrons. The summed E-state index contributed by atoms with van der Waals surface area (Å²) in [6.07, 6.45) is 5.70. The summed E-state index contributed by atoms with van der Waals surface area (Å²) in [7, 11) is 4.06. The number of nitrogens with one attached hydrogen (secondary N) is 2. The standard InChI is InChI=1S/C25H26N4OS/c1-29(2)18-12-10-17(11-13-18)21(22-16-27-23-9-5-4-7-19(22)23)15-28-24(30)20-8-6-14-26-25(20)31-3/h4-14,16,21,27H,15H2,1-3H3,(H,28,30). The number of amides is 1. The number of benzene rings is 2. The first-order chi connectivity index (χ1) is 15.1. The number of para-hydroxylation sites is 1. The zero-order valence-corrected chi connectivity index (χ0v) is 18.7. The number of carbonyl (C=O) groups excluding carboxylic acids is 1. The zero-order chi connectivity index (χ0) is 21.8. The third kappa shape index (κ3) is 4.44. The number of rotatable bonds is 7. The lowest BCUT2D eigenvalue weighted by Crippen LogP contribution is -2.29. The Bertz CT molecular complexity index is 1180. The fourth-order valence-electron chi connectivity index (χ4n) is 3.81. The maximum Gasteiger partial charge on any atom is 0.254 e. The summed E-state index contributed by atoms with van der Waals surface area (Å²) in [5.41, 5.74) is 5.17. The average Bonchev–Trinajstić information content (AvgIpc) is 3.23. The maximum atomic E-state index is 13.0. The minimum absolute atomic E-state index is 0.0192. The van der Waals surface area contributed by atoms with Crippen LogP contribution in [-0.4, -0.2) is 42.8 Å². The Morgan fingerprint density at radius 3 is 2.61 bits per heavy atom. The van der Waals surface area contributed by atoms with E-state index >= 15 is 0 Å². The number of anilines is 1. The molecule has 2 heterocycles. The van der Waals surface area contributed by atoms with Gasteiger partial charge in [0.1, 0.15) is 5.03 Å². The van der Waals surface area contributed by atoms with E-state index in [0.717, 1.165) is 21.8 Å². The SMILES string of the molecule is CSc1ncccc1C(=O)NCC(c1ccc(N(C)C)cc1)c1c[nH]c2ccccc12. The molecule has 4 rings (SSSR count). The number of aromatic nitrogens is 2. The van der Waals surface area contributed by atoms with Crippen LogP contribution in [0.1, 0.15) is 27.4 Å². The highest BCUT2D eigenvalue weighted by atomic mass is 32.2. The molecule has 2 N–H and O–H groups in total. The lowest BCUT2D eigenvalue weighted by molar-refractivity contribution is 0.0949. The third-order valence-corrected chi connectivity index (χ3v) is 6.20. The number of pyridine rings is 1. The Morgan fingerprint density at radius 2 is 1.87 bits per heavy atom. The van der Waals surface area contributed by atoms with Crippen molar-refractivity contribution in [3.63, 3.8) is 0 Å². The van der Waals surface area contributed by atoms with E-state index in [-0.39, 0.29) is 11.8 Å². The lowest BCUT2D eigenvalue weighted by atomic mass is 9.90. The van der Waals surface area contributed by atoms with Crippen LogP contribution in [0.4, 0.5) is 5.69 Å². The first kappa shape index (κ1) is 21.0. The Morgan fingerprint density at radius 1 is 1.10 bits per heavy atom. The molecule has 0 fully saturated rings. The minimum Gasteiger partial charge on any atom is -0.378 e. The predicted octanol–water partition coefficient (Wildman–Crippen LogP) is 4.91. The van der Waals surface area contributed by atoms with Crippen molar-refractivity contribution in [2.24, 2.45) is 0 Å². The number of hydrogen-bond donors (Lipinski definition) is 2. The van der Waals surface area contributed by atoms with E-state index in [1.165, 1.54) is 22.7 Å². The van der Waals surface area contributed by atoms with Gasteiger partial charge in [0, 0.05) is 55.5 Å². The summed E-state index contributed by atoms with van der Waals surface area (Å²) in [5, 5.41) is 5.05. The van der Waals surface area contributed by atoms with Gasteiger partial charge in [-0.25, -0.2) is 4.98 Å². The highest BCUT2D eigenvalue weighted by Gasteiger charge is 2.20. The van der Waals surface area contributed by atoms with Crippen molar-refractivity contribution in [1.82, 2.24) is 15.3 Å². The lowest BCUT2D eigenvalue weighted by Gasteiger charge is -2.20. The molecule has 0 saturated carbocycles. The van der Waals surface area contributed by atoms with Crippen LogP contribution in [0.2, 0.25) is 0 Å². The van der Waals surface area contributed by atoms with Crippen LogP contribution < -0.4 is 10.2 Å². The molecule has 0 aliphatic rings. The van der Waals surface area contributed by atoms with Crippen LogP contribution in [-0.2, 0) is 0 Å². The van der Waals surface area contributed by atoms with Crippen LogP contribution in [0.5, 0.6) is 0 Å². The molecule has 5 nitrogen and oxygen atoms in total. The number of thioether (sulfide) groups is 1. The minimum atomic E-state index is -0.104. The second-order valence-corrected chi connectivity index (χ2v) is 8.39. The van der Waals surface area contributed by atoms with Gasteiger partial charge < -0.3 is 15.2 Å². The Labute approximate surface area is 186 Å². The van der Waals surface area contributed by atoms with E-state index in [1.54, 1.807) is 12.3 Å². The molecule has 4 aromatic rings. The van der Waals surface area contributed by atoms with Crippen molar-refractivity contribution < 1.29 is 4.79 Å². The van der Waals surface area contributed by atoms with Crippen LogP contribution in [0, 0.1) is 0 Å². The second-order valence-electron chi connectivity index (χ2n) is 7.60. The Hall–Kier alpha value is -3.25. The van der Waals surface area contributed by atoms with E-state index in [9.17, 15) is 4.79 Å². The van der Waals surface area contributed by atoms with Gasteiger partial charge in [0.2, 0.25) is 0 Å². The molecule has 0 aliphatic carbocycles. The van der Waals surface area contributed by atoms with Gasteiger partial charge in [-0.2, -0.15) is 0 Å². The zero-order valence-electron chi connectivity index (χ0n) is 17.9. The van der Waals surface area contributed by atoms with Gasteiger partial charge in [-0.15, -0.1) is 11.8 Å². The molecule has 0 spiro atoms. The van der Waals surface area contributed by atoms with Gasteiger partial charge in [0.15, 0.2) is 0 Å². The van der Waals surface area contributed by atoms with Crippen LogP contribution in [0.25, 0.3) is 10.9 Å². The van der Waals surface area contributed by atoms with E-state index in [0.29, 0.717) is 12.1 Å². The summed E-state index contributed by atoms with van der Waals surface area (Å²) in [4.78, 5) is 22.7. The monoisotopic (exact) mass is 430 g/mol. The number of hydrogen-bond acceptors (Lipinski definition) is 4. The van der Waals surface area contributed by atoms with Crippen LogP contribution >= 0.6 is 11.8 Å². The van der Waals surface area contributed by atoms with Gasteiger partial charge in [-0.05, 0) is 47.7 Å². The van der Waals surface area contributed by atoms with E-state index in [2.05, 4.69) is 62.8 Å². The van der Waals surface area contributed by atoms with Crippen LogP contribution in [0.15, 0.2) is 78.1 Å². The topological polar surface area (TPSA) is 61.0 Å². The maximum absolute atomic E-state index is 13.0. The van der Waals surface area contributed by atoms with Gasteiger partial charge in [-0.3, -0.25) is 4.79 Å². The third-order valence-electron chi connectivity index (χ3n) is 5.48. The normalized spacial score (nSPS) is 12.0. The van der Waals surface area contributed by atoms with Crippen molar-refractivity contribution >= 4 is 34.3 Å². The molecule has 0 saturated heterocycles. The summed E-state index contributed by atoms with van der Waals surface area (Å²) >= 11 is 1.48. The number of H-pyrrole nitrogens is 1. The molecule has 6 heteroatoms. The summed E-state index contributed by atoms with van der Waals surface area (Å²) in [5.74, 6) is -0.0853. The fourth-order valence-corrected chi connectivity index (χ4v) is 4.36. The molecule has 0 aliphatic heterocycles. The molecule has 1 atom stereocenters. The van der Waals surface area contributed by atoms with E-state index < -0.39 is 0 Å². The average molecular weight is 431 g/mol. The fraction of sp³-hybridized carbons (Fsp3) is 0.200. The molecule has 31 heavy (non-hydrogen) atoms. The molecule has 2 aromatic carbocycles. The molecule has 2 aromatic heterocycles. The highest BCUT2D eigenvalue weighted by molar-refractivity contribution is 7.98. The predicted molar refractivity (Wildman–Crippen MR) is 129 cm³/mol. The smallest absolute Gasteiger partial charge is 0.254 e. The number of fused-ring (bicyclic) bond motifs is 1. The molecule has 0 radical (unpaired) electrons. The number of nitrogens with zero attached hydrogens (tertiary/aromatic N) is 2. The first-order valence-corrected chi connectivity index (χ1v) is 11.4. The van der Waals surface area contributed by atoms with Gasteiger partial charge in [0.05, 0.1) is 5.56 Å². The molecular formula is C25H26N4OS. The van der Waals surface area contributed by atoms with Crippen LogP contribution in [0.3, 0.4) is 0 Å². The van der Waals surface area contributed by atoms with Crippen molar-refractivity contribution in [3.8, 4) is 0 Å². The largest absolute Gasteiger partial charge is 0.378 e. The van der Waals surface area contributed by atoms with Crippen molar-refractivity contribution in [2.45, 2.75) is 10.9 Å². The van der Waals surface area contributed by atoms with Gasteiger partial charge >= 0.3 is 0 Å². The Kier molecular flexibility index (Phi) is 6.28. The summed E-state index contributed by atoms with van der Waals surface area (Å²) in [6, 6.07) is 20.4. The van der Waals surface area contributed by atoms with Crippen molar-refractivity contribution in [3.05, 3.63) is 89.7 Å². The summed E-state index contributed by atoms with van der Waals surface area (Å²) < 4.78 is 0. The van der Waals surface area contributed by atoms with Gasteiger partial charge in [-0.1, -0.05) is 30.3 Å². The molecule has 0 bridgehead atoms. The Balaban J connectivity index is 1.66. The van der Waals surface area contributed by atoms with Crippen molar-refractivity contribution in [1.29, 1.82) is 0 Å². The molecule has 1 amide bonds. The number of carbonyl (C=O) groups is 1. The highest BCUT2D eigenvalue weighted by Crippen LogP contribution is 2.31. The van der Waals surface area contributed by atoms with Gasteiger partial charge in [0.25, 0.3) is 5.91 Å². The van der Waals surface area contributed by atoms with E-state index in [4.69, 9.17) is 0 Å². The molecule has 1 unspecified atom stereocenters.